The summed E-state index contributed by atoms with van der Waals surface area (Å²) in [5.41, 5.74) is -1.27. The van der Waals surface area contributed by atoms with E-state index >= 15 is 0 Å². The molecule has 0 aliphatic heterocycles. The van der Waals surface area contributed by atoms with Crippen LogP contribution in [-0.2, 0) is 4.74 Å². The van der Waals surface area contributed by atoms with Crippen LogP contribution in [0.3, 0.4) is 0 Å². The van der Waals surface area contributed by atoms with Gasteiger partial charge in [-0.2, -0.15) is 15.8 Å². The van der Waals surface area contributed by atoms with E-state index in [4.69, 9.17) is 27.4 Å². The predicted octanol–water partition coefficient (Wildman–Crippen LogP) is 2.50. The lowest BCUT2D eigenvalue weighted by molar-refractivity contribution is 0.0596. The van der Waals surface area contributed by atoms with Crippen LogP contribution in [0.2, 0.25) is 5.02 Å². The summed E-state index contributed by atoms with van der Waals surface area (Å²) in [4.78, 5) is 11.3. The highest BCUT2D eigenvalue weighted by molar-refractivity contribution is 6.33. The number of halogens is 2. The van der Waals surface area contributed by atoms with Crippen LogP contribution in [-0.4, -0.2) is 13.1 Å². The van der Waals surface area contributed by atoms with Gasteiger partial charge in [0.2, 0.25) is 0 Å². The number of allylic oxidation sites excluding steroid dienone is 2. The van der Waals surface area contributed by atoms with Crippen molar-refractivity contribution in [2.24, 2.45) is 0 Å². The quantitative estimate of drug-likeness (QED) is 0.678. The molecule has 0 radical (unpaired) electrons. The van der Waals surface area contributed by atoms with Crippen molar-refractivity contribution >= 4 is 23.3 Å². The molecule has 0 aromatic heterocycles. The molecule has 1 aromatic carbocycles. The molecule has 0 amide bonds. The number of hydrogen-bond acceptors (Lipinski definition) is 6. The van der Waals surface area contributed by atoms with Crippen molar-refractivity contribution in [1.29, 1.82) is 15.8 Å². The van der Waals surface area contributed by atoms with E-state index in [0.29, 0.717) is 0 Å². The molecular formula is C13H6ClFN4O2. The molecule has 0 unspecified atom stereocenters. The Hall–Kier alpha value is -3.08. The maximum absolute atomic E-state index is 13.8. The van der Waals surface area contributed by atoms with Gasteiger partial charge in [-0.15, -0.1) is 0 Å². The second-order valence-corrected chi connectivity index (χ2v) is 3.92. The number of rotatable bonds is 3. The largest absolute Gasteiger partial charge is 0.465 e. The molecule has 0 aliphatic rings. The lowest BCUT2D eigenvalue weighted by Crippen LogP contribution is -2.07. The van der Waals surface area contributed by atoms with Crippen molar-refractivity contribution in [3.8, 4) is 18.2 Å². The van der Waals surface area contributed by atoms with Gasteiger partial charge in [0.1, 0.15) is 35.3 Å². The zero-order chi connectivity index (χ0) is 16.0. The normalized spacial score (nSPS) is 8.76. The molecule has 1 aromatic rings. The lowest BCUT2D eigenvalue weighted by atomic mass is 10.1. The SMILES string of the molecule is COC(=O)c1c(F)cc(NC(C#N)=C(C#N)C#N)cc1Cl. The average molecular weight is 305 g/mol. The van der Waals surface area contributed by atoms with Gasteiger partial charge in [-0.3, -0.25) is 0 Å². The molecule has 1 N–H and O–H groups in total. The van der Waals surface area contributed by atoms with Gasteiger partial charge in [-0.05, 0) is 12.1 Å². The van der Waals surface area contributed by atoms with Gasteiger partial charge in [0.15, 0.2) is 5.57 Å². The number of carbonyl (C=O) groups excluding carboxylic acids is 1. The second kappa shape index (κ2) is 6.91. The van der Waals surface area contributed by atoms with Crippen LogP contribution in [0.15, 0.2) is 23.4 Å². The monoisotopic (exact) mass is 304 g/mol. The molecule has 1 rings (SSSR count). The highest BCUT2D eigenvalue weighted by Gasteiger charge is 2.18. The number of ether oxygens (including phenoxy) is 1. The van der Waals surface area contributed by atoms with Crippen molar-refractivity contribution in [1.82, 2.24) is 0 Å². The first-order valence-corrected chi connectivity index (χ1v) is 5.65. The predicted molar refractivity (Wildman–Crippen MR) is 70.2 cm³/mol. The minimum Gasteiger partial charge on any atom is -0.465 e. The maximum atomic E-state index is 13.8. The Morgan fingerprint density at radius 2 is 1.90 bits per heavy atom. The van der Waals surface area contributed by atoms with E-state index in [1.54, 1.807) is 6.07 Å². The van der Waals surface area contributed by atoms with Crippen molar-refractivity contribution in [3.63, 3.8) is 0 Å². The summed E-state index contributed by atoms with van der Waals surface area (Å²) in [7, 11) is 1.08. The Morgan fingerprint density at radius 1 is 1.29 bits per heavy atom. The van der Waals surface area contributed by atoms with Crippen molar-refractivity contribution in [2.75, 3.05) is 12.4 Å². The van der Waals surface area contributed by atoms with Gasteiger partial charge < -0.3 is 10.1 Å². The van der Waals surface area contributed by atoms with E-state index < -0.39 is 22.9 Å². The molecular weight excluding hydrogens is 299 g/mol. The average Bonchev–Trinajstić information content (AvgIpc) is 2.46. The van der Waals surface area contributed by atoms with Crippen LogP contribution in [0, 0.1) is 39.8 Å². The molecule has 6 nitrogen and oxygen atoms in total. The third kappa shape index (κ3) is 3.48. The summed E-state index contributed by atoms with van der Waals surface area (Å²) in [5.74, 6) is -1.92. The third-order valence-corrected chi connectivity index (χ3v) is 2.58. The molecule has 104 valence electrons. The van der Waals surface area contributed by atoms with Crippen LogP contribution in [0.5, 0.6) is 0 Å². The zero-order valence-electron chi connectivity index (χ0n) is 10.6. The molecule has 0 fully saturated rings. The number of anilines is 1. The molecule has 8 heteroatoms. The number of nitrogens with zero attached hydrogens (tertiary/aromatic N) is 3. The molecule has 0 saturated heterocycles. The molecule has 0 bridgehead atoms. The number of nitriles is 3. The lowest BCUT2D eigenvalue weighted by Gasteiger charge is -2.09. The fourth-order valence-corrected chi connectivity index (χ4v) is 1.65. The van der Waals surface area contributed by atoms with E-state index in [2.05, 4.69) is 10.1 Å². The first-order valence-electron chi connectivity index (χ1n) is 5.27. The van der Waals surface area contributed by atoms with Crippen molar-refractivity contribution < 1.29 is 13.9 Å². The van der Waals surface area contributed by atoms with Crippen LogP contribution in [0.4, 0.5) is 10.1 Å². The molecule has 0 aliphatic carbocycles. The number of esters is 1. The Kier molecular flexibility index (Phi) is 5.25. The van der Waals surface area contributed by atoms with Gasteiger partial charge >= 0.3 is 5.97 Å². The Bertz CT molecular complexity index is 714. The Balaban J connectivity index is 3.29. The van der Waals surface area contributed by atoms with Gasteiger partial charge in [-0.1, -0.05) is 11.6 Å². The summed E-state index contributed by atoms with van der Waals surface area (Å²) in [6.07, 6.45) is 0. The highest BCUT2D eigenvalue weighted by atomic mass is 35.5. The minimum absolute atomic E-state index is 0.00435. The van der Waals surface area contributed by atoms with E-state index in [-0.39, 0.29) is 16.4 Å². The smallest absolute Gasteiger partial charge is 0.342 e. The number of benzene rings is 1. The van der Waals surface area contributed by atoms with Crippen LogP contribution in [0.1, 0.15) is 10.4 Å². The fraction of sp³-hybridized carbons (Fsp3) is 0.0769. The van der Waals surface area contributed by atoms with Gasteiger partial charge in [0.05, 0.1) is 12.1 Å². The number of carbonyl (C=O) groups is 1. The molecule has 0 heterocycles. The van der Waals surface area contributed by atoms with Crippen molar-refractivity contribution in [2.45, 2.75) is 0 Å². The first kappa shape index (κ1) is 16.0. The van der Waals surface area contributed by atoms with E-state index in [9.17, 15) is 9.18 Å². The fourth-order valence-electron chi connectivity index (χ4n) is 1.37. The van der Waals surface area contributed by atoms with Crippen LogP contribution < -0.4 is 5.32 Å². The maximum Gasteiger partial charge on any atom is 0.342 e. The topological polar surface area (TPSA) is 110 Å². The van der Waals surface area contributed by atoms with Crippen LogP contribution in [0.25, 0.3) is 0 Å². The summed E-state index contributed by atoms with van der Waals surface area (Å²) in [5, 5.41) is 28.4. The van der Waals surface area contributed by atoms with Gasteiger partial charge in [-0.25, -0.2) is 9.18 Å². The summed E-state index contributed by atoms with van der Waals surface area (Å²) >= 11 is 5.77. The Morgan fingerprint density at radius 3 is 2.33 bits per heavy atom. The van der Waals surface area contributed by atoms with E-state index in [0.717, 1.165) is 13.2 Å². The minimum atomic E-state index is -0.968. The zero-order valence-corrected chi connectivity index (χ0v) is 11.3. The molecule has 0 saturated carbocycles. The van der Waals surface area contributed by atoms with Gasteiger partial charge in [0.25, 0.3) is 0 Å². The number of methoxy groups -OCH3 is 1. The summed E-state index contributed by atoms with van der Waals surface area (Å²) in [6.45, 7) is 0. The van der Waals surface area contributed by atoms with Crippen LogP contribution >= 0.6 is 11.6 Å². The second-order valence-electron chi connectivity index (χ2n) is 3.52. The molecule has 21 heavy (non-hydrogen) atoms. The van der Waals surface area contributed by atoms with E-state index in [1.807, 2.05) is 0 Å². The van der Waals surface area contributed by atoms with Crippen molar-refractivity contribution in [3.05, 3.63) is 39.8 Å². The number of hydrogen-bond donors (Lipinski definition) is 1. The summed E-state index contributed by atoms with van der Waals surface area (Å²) < 4.78 is 18.2. The molecule has 0 atom stereocenters. The highest BCUT2D eigenvalue weighted by Crippen LogP contribution is 2.26. The summed E-state index contributed by atoms with van der Waals surface area (Å²) in [6, 6.07) is 6.71. The first-order chi connectivity index (χ1) is 9.98. The third-order valence-electron chi connectivity index (χ3n) is 2.29. The van der Waals surface area contributed by atoms with E-state index in [1.165, 1.54) is 18.2 Å². The molecule has 0 spiro atoms. The van der Waals surface area contributed by atoms with Gasteiger partial charge in [0, 0.05) is 5.69 Å². The number of nitrogens with one attached hydrogen (secondary N) is 1. The Labute approximate surface area is 124 Å². The standard InChI is InChI=1S/C13H6ClFN4O2/c1-21-13(20)12-9(14)2-8(3-10(12)15)19-11(6-18)7(4-16)5-17/h2-3,19H,1H3.